The van der Waals surface area contributed by atoms with Gasteiger partial charge < -0.3 is 19.4 Å². The number of carbonyl (C=O) groups is 2. The van der Waals surface area contributed by atoms with Gasteiger partial charge in [-0.2, -0.15) is 0 Å². The lowest BCUT2D eigenvalue weighted by Gasteiger charge is -2.28. The molecule has 2 aromatic rings. The highest BCUT2D eigenvalue weighted by Gasteiger charge is 2.29. The molecule has 1 aliphatic carbocycles. The second kappa shape index (κ2) is 17.1. The van der Waals surface area contributed by atoms with Gasteiger partial charge >= 0.3 is 12.2 Å². The molecular formula is C32H46N5O5PS2. The number of amides is 2. The summed E-state index contributed by atoms with van der Waals surface area (Å²) in [5.74, 6) is 0.289. The molecule has 2 amide bonds. The maximum absolute atomic E-state index is 14.2. The Hall–Kier alpha value is -2.92. The molecule has 1 fully saturated rings. The lowest BCUT2D eigenvalue weighted by Crippen LogP contribution is -2.38. The molecule has 1 unspecified atom stereocenters. The van der Waals surface area contributed by atoms with Crippen molar-refractivity contribution in [2.75, 3.05) is 18.6 Å². The number of thiazole rings is 1. The van der Waals surface area contributed by atoms with Crippen molar-refractivity contribution in [3.8, 4) is 10.4 Å². The number of rotatable bonds is 13. The summed E-state index contributed by atoms with van der Waals surface area (Å²) in [4.78, 5) is 33.8. The van der Waals surface area contributed by atoms with Crippen LogP contribution in [0.4, 0.5) is 15.3 Å². The fourth-order valence-electron chi connectivity index (χ4n) is 4.59. The molecule has 13 heteroatoms. The Morgan fingerprint density at radius 1 is 1.20 bits per heavy atom. The fourth-order valence-corrected chi connectivity index (χ4v) is 9.43. The molecule has 3 N–H and O–H groups in total. The number of nitrogens with zero attached hydrogens (tertiary/aromatic N) is 2. The lowest BCUT2D eigenvalue weighted by molar-refractivity contribution is 0.109. The van der Waals surface area contributed by atoms with Crippen LogP contribution in [-0.2, 0) is 14.0 Å². The predicted octanol–water partition coefficient (Wildman–Crippen LogP) is 8.25. The van der Waals surface area contributed by atoms with E-state index < -0.39 is 12.4 Å². The second-order valence-corrected chi connectivity index (χ2v) is 18.5. The van der Waals surface area contributed by atoms with Gasteiger partial charge in [0.25, 0.3) is 0 Å². The molecule has 10 nitrogen and oxygen atoms in total. The van der Waals surface area contributed by atoms with E-state index in [2.05, 4.69) is 27.1 Å². The van der Waals surface area contributed by atoms with Gasteiger partial charge in [0.05, 0.1) is 22.6 Å². The Balaban J connectivity index is 1.74. The average molecular weight is 676 g/mol. The summed E-state index contributed by atoms with van der Waals surface area (Å²) >= 11 is 2.82. The van der Waals surface area contributed by atoms with Gasteiger partial charge in [0, 0.05) is 53.1 Å². The van der Waals surface area contributed by atoms with Crippen LogP contribution in [0.2, 0.25) is 0 Å². The number of allylic oxidation sites excluding steroid dienone is 2. The monoisotopic (exact) mass is 675 g/mol. The number of hydrogen-bond acceptors (Lipinski definition) is 10. The van der Waals surface area contributed by atoms with Crippen molar-refractivity contribution in [3.05, 3.63) is 53.8 Å². The minimum atomic E-state index is -3.00. The van der Waals surface area contributed by atoms with Crippen LogP contribution in [0, 0.1) is 0 Å². The Morgan fingerprint density at radius 2 is 1.93 bits per heavy atom. The van der Waals surface area contributed by atoms with E-state index in [1.165, 1.54) is 11.6 Å². The number of alkyl carbamates (subject to hydrolysis) is 1. The Morgan fingerprint density at radius 3 is 2.60 bits per heavy atom. The summed E-state index contributed by atoms with van der Waals surface area (Å²) in [6.45, 7) is 15.0. The van der Waals surface area contributed by atoms with Crippen molar-refractivity contribution in [2.45, 2.75) is 90.3 Å². The van der Waals surface area contributed by atoms with Gasteiger partial charge in [-0.1, -0.05) is 18.2 Å². The molecular weight excluding hydrogens is 629 g/mol. The Bertz CT molecular complexity index is 1410. The third-order valence-electron chi connectivity index (χ3n) is 6.69. The molecule has 0 aliphatic heterocycles. The van der Waals surface area contributed by atoms with E-state index in [1.54, 1.807) is 42.4 Å². The molecule has 1 aromatic carbocycles. The number of nitrogens with one attached hydrogen (secondary N) is 3. The van der Waals surface area contributed by atoms with E-state index in [4.69, 9.17) is 14.5 Å². The number of aliphatic imine (C=N–C) groups is 1. The van der Waals surface area contributed by atoms with E-state index in [9.17, 15) is 14.2 Å². The number of hydrogen-bond donors (Lipinski definition) is 3. The first kappa shape index (κ1) is 36.5. The molecule has 0 saturated heterocycles. The van der Waals surface area contributed by atoms with Crippen LogP contribution in [0.1, 0.15) is 77.6 Å². The minimum absolute atomic E-state index is 0.0945. The first-order valence-corrected chi connectivity index (χ1v) is 19.5. The van der Waals surface area contributed by atoms with Crippen molar-refractivity contribution in [2.24, 2.45) is 4.99 Å². The van der Waals surface area contributed by atoms with Gasteiger partial charge in [0.15, 0.2) is 6.34 Å². The third kappa shape index (κ3) is 12.4. The Kier molecular flexibility index (Phi) is 13.9. The molecule has 1 saturated carbocycles. The van der Waals surface area contributed by atoms with Gasteiger partial charge in [-0.3, -0.25) is 15.0 Å². The van der Waals surface area contributed by atoms with E-state index in [1.807, 2.05) is 59.0 Å². The highest BCUT2D eigenvalue weighted by molar-refractivity contribution is 8.59. The van der Waals surface area contributed by atoms with Gasteiger partial charge in [-0.15, -0.1) is 11.3 Å². The fraction of sp³-hybridized carbons (Fsp3) is 0.500. The molecule has 0 radical (unpaired) electrons. The van der Waals surface area contributed by atoms with E-state index in [-0.39, 0.29) is 36.3 Å². The standard InChI is InChI=1S/C32H46N5O5PS2/c1-22(2)42-31(39)35-24-14-12-23(13-15-24)29-34-21-28(44-29)26-17-16-25(20-27(26)43(7,40)45-37-32(3,4)5)36-30(38)41-19-11-9-8-10-18-33-6/h8-10,16-18,20-24,37H,6,11-15,19H2,1-5,7H3,(H,35,39)(H,36,38)/b9-8-,18-10-. The molecule has 246 valence electrons. The highest BCUT2D eigenvalue weighted by atomic mass is 32.7. The van der Waals surface area contributed by atoms with E-state index in [0.717, 1.165) is 41.1 Å². The molecule has 1 heterocycles. The van der Waals surface area contributed by atoms with Crippen molar-refractivity contribution >= 4 is 59.1 Å². The molecule has 1 aliphatic rings. The average Bonchev–Trinajstić information content (AvgIpc) is 3.45. The predicted molar refractivity (Wildman–Crippen MR) is 188 cm³/mol. The van der Waals surface area contributed by atoms with Crippen LogP contribution in [0.25, 0.3) is 10.4 Å². The van der Waals surface area contributed by atoms with E-state index in [0.29, 0.717) is 17.4 Å². The van der Waals surface area contributed by atoms with Crippen LogP contribution in [-0.4, -0.2) is 54.8 Å². The number of aromatic nitrogens is 1. The van der Waals surface area contributed by atoms with Crippen LogP contribution in [0.3, 0.4) is 0 Å². The summed E-state index contributed by atoms with van der Waals surface area (Å²) < 4.78 is 28.0. The van der Waals surface area contributed by atoms with E-state index >= 15 is 0 Å². The van der Waals surface area contributed by atoms with Crippen molar-refractivity contribution in [1.82, 2.24) is 15.0 Å². The Labute approximate surface area is 275 Å². The number of benzene rings is 1. The number of ether oxygens (including phenoxy) is 2. The van der Waals surface area contributed by atoms with Crippen LogP contribution < -0.4 is 20.7 Å². The maximum Gasteiger partial charge on any atom is 0.411 e. The van der Waals surface area contributed by atoms with Crippen LogP contribution in [0.5, 0.6) is 0 Å². The first-order chi connectivity index (χ1) is 21.3. The molecule has 0 bridgehead atoms. The molecule has 3 rings (SSSR count). The summed E-state index contributed by atoms with van der Waals surface area (Å²) in [6.07, 6.45) is 8.82. The number of carbonyl (C=O) groups excluding carboxylic acids is 2. The number of anilines is 1. The zero-order valence-corrected chi connectivity index (χ0v) is 29.5. The normalized spacial score (nSPS) is 18.6. The minimum Gasteiger partial charge on any atom is -0.449 e. The zero-order chi connectivity index (χ0) is 33.0. The highest BCUT2D eigenvalue weighted by Crippen LogP contribution is 2.55. The summed E-state index contributed by atoms with van der Waals surface area (Å²) in [6, 6.07) is 5.55. The largest absolute Gasteiger partial charge is 0.449 e. The van der Waals surface area contributed by atoms with Crippen LogP contribution in [0.15, 0.2) is 53.8 Å². The lowest BCUT2D eigenvalue weighted by atomic mass is 9.86. The smallest absolute Gasteiger partial charge is 0.411 e. The molecule has 1 aromatic heterocycles. The third-order valence-corrected chi connectivity index (χ3v) is 12.1. The molecule has 45 heavy (non-hydrogen) atoms. The summed E-state index contributed by atoms with van der Waals surface area (Å²) in [7, 11) is 0. The van der Waals surface area contributed by atoms with Gasteiger partial charge in [-0.25, -0.2) is 14.6 Å². The van der Waals surface area contributed by atoms with Gasteiger partial charge in [-0.05, 0) is 103 Å². The van der Waals surface area contributed by atoms with Crippen molar-refractivity contribution in [3.63, 3.8) is 0 Å². The zero-order valence-electron chi connectivity index (χ0n) is 27.0. The quantitative estimate of drug-likeness (QED) is 0.0636. The summed E-state index contributed by atoms with van der Waals surface area (Å²) in [5.41, 5.74) is 1.07. The first-order valence-electron chi connectivity index (χ1n) is 15.1. The van der Waals surface area contributed by atoms with Crippen molar-refractivity contribution < 1.29 is 23.6 Å². The molecule has 0 spiro atoms. The van der Waals surface area contributed by atoms with Crippen molar-refractivity contribution in [1.29, 1.82) is 0 Å². The summed E-state index contributed by atoms with van der Waals surface area (Å²) in [5, 5.41) is 7.42. The SMILES string of the molecule is C=N/C=C\C=C/CCOC(=O)Nc1ccc(-c2cnc(C3CCC(NC(=O)OC(C)C)CC3)s2)c(P(C)(=O)SNC(C)(C)C)c1. The topological polar surface area (TPSA) is 131 Å². The van der Waals surface area contributed by atoms with Gasteiger partial charge in [0.2, 0.25) is 0 Å². The van der Waals surface area contributed by atoms with Crippen LogP contribution >= 0.6 is 29.2 Å². The second-order valence-electron chi connectivity index (χ2n) is 12.2. The van der Waals surface area contributed by atoms with Gasteiger partial charge in [0.1, 0.15) is 0 Å². The maximum atomic E-state index is 14.2. The molecule has 1 atom stereocenters.